The molecular formula is C26H31N7O4S. The highest BCUT2D eigenvalue weighted by atomic mass is 32.2. The van der Waals surface area contributed by atoms with E-state index in [-0.39, 0.29) is 22.2 Å². The topological polar surface area (TPSA) is 131 Å². The van der Waals surface area contributed by atoms with E-state index >= 15 is 0 Å². The lowest BCUT2D eigenvalue weighted by atomic mass is 9.99. The minimum absolute atomic E-state index is 0.0331. The molecule has 2 N–H and O–H groups in total. The summed E-state index contributed by atoms with van der Waals surface area (Å²) in [4.78, 5) is 24.4. The Hall–Kier alpha value is -3.67. The van der Waals surface area contributed by atoms with Gasteiger partial charge in [-0.2, -0.15) is 8.42 Å². The van der Waals surface area contributed by atoms with Crippen molar-refractivity contribution in [1.82, 2.24) is 24.5 Å². The van der Waals surface area contributed by atoms with Crippen molar-refractivity contribution in [2.45, 2.75) is 63.1 Å². The maximum Gasteiger partial charge on any atom is 0.281 e. The largest absolute Gasteiger partial charge is 0.477 e. The Morgan fingerprint density at radius 3 is 2.71 bits per heavy atom. The molecule has 38 heavy (non-hydrogen) atoms. The molecule has 3 aliphatic rings. The van der Waals surface area contributed by atoms with Gasteiger partial charge in [-0.25, -0.2) is 19.4 Å². The molecule has 3 aromatic rings. The van der Waals surface area contributed by atoms with Crippen molar-refractivity contribution in [3.05, 3.63) is 48.2 Å². The number of hydrogen-bond donors (Lipinski definition) is 2. The van der Waals surface area contributed by atoms with Gasteiger partial charge in [0.2, 0.25) is 5.88 Å². The average Bonchev–Trinajstić information content (AvgIpc) is 3.27. The second kappa shape index (κ2) is 8.69. The third kappa shape index (κ3) is 4.68. The monoisotopic (exact) mass is 537 g/mol. The van der Waals surface area contributed by atoms with Crippen LogP contribution in [0.1, 0.15) is 56.8 Å². The molecule has 0 spiro atoms. The molecule has 1 unspecified atom stereocenters. The molecule has 12 heteroatoms. The second-order valence-electron chi connectivity index (χ2n) is 11.3. The third-order valence-electron chi connectivity index (χ3n) is 7.68. The van der Waals surface area contributed by atoms with Crippen LogP contribution in [0.25, 0.3) is 5.82 Å². The summed E-state index contributed by atoms with van der Waals surface area (Å²) in [6.45, 7) is 7.57. The van der Waals surface area contributed by atoms with E-state index in [1.54, 1.807) is 41.2 Å². The predicted molar refractivity (Wildman–Crippen MR) is 141 cm³/mol. The van der Waals surface area contributed by atoms with Crippen molar-refractivity contribution >= 4 is 27.6 Å². The standard InChI is InChI=1S/C26H31N7O4S/c1-25(2)15-17-16-32(25)23-18(24(34)31-38(35,36)22-6-4-5-19(27-17)28-22)7-8-20(29-23)33-13-9-21(30-33)37-14-12-26(3)10-11-26/h4-9,13,17H,10-12,14-16H2,1-3H3,(H,27,28)(H,31,34). The first-order valence-corrected chi connectivity index (χ1v) is 14.3. The predicted octanol–water partition coefficient (Wildman–Crippen LogP) is 3.13. The molecule has 2 fully saturated rings. The number of nitrogens with zero attached hydrogens (tertiary/aromatic N) is 5. The second-order valence-corrected chi connectivity index (χ2v) is 12.9. The Morgan fingerprint density at radius 1 is 1.11 bits per heavy atom. The van der Waals surface area contributed by atoms with Gasteiger partial charge in [0.05, 0.1) is 12.2 Å². The van der Waals surface area contributed by atoms with Gasteiger partial charge in [-0.1, -0.05) is 13.0 Å². The van der Waals surface area contributed by atoms with E-state index in [1.807, 2.05) is 4.90 Å². The Labute approximate surface area is 221 Å². The Morgan fingerprint density at radius 2 is 1.92 bits per heavy atom. The fourth-order valence-corrected chi connectivity index (χ4v) is 6.06. The van der Waals surface area contributed by atoms with Crippen molar-refractivity contribution in [2.75, 3.05) is 23.4 Å². The maximum absolute atomic E-state index is 13.3. The van der Waals surface area contributed by atoms with Crippen molar-refractivity contribution in [3.63, 3.8) is 0 Å². The highest BCUT2D eigenvalue weighted by Gasteiger charge is 2.42. The van der Waals surface area contributed by atoms with E-state index in [0.717, 1.165) is 12.8 Å². The fraction of sp³-hybridized carbons (Fsp3) is 0.462. The molecular weight excluding hydrogens is 506 g/mol. The maximum atomic E-state index is 13.3. The van der Waals surface area contributed by atoms with Crippen molar-refractivity contribution in [3.8, 4) is 11.7 Å². The van der Waals surface area contributed by atoms with E-state index in [1.165, 1.54) is 18.9 Å². The number of carbonyl (C=O) groups excluding carboxylic acids is 1. The SMILES string of the molecule is CC1(CCOc2ccn(-c3ccc4c(n3)N3CC(CC3(C)C)Nc3cccc(n3)S(=O)(=O)NC4=O)n2)CC1. The van der Waals surface area contributed by atoms with Crippen LogP contribution in [0.3, 0.4) is 0 Å². The molecule has 4 bridgehead atoms. The average molecular weight is 538 g/mol. The van der Waals surface area contributed by atoms with E-state index in [4.69, 9.17) is 9.72 Å². The highest BCUT2D eigenvalue weighted by molar-refractivity contribution is 7.90. The number of fused-ring (bicyclic) bond motifs is 6. The number of pyridine rings is 2. The number of aromatic nitrogens is 4. The number of ether oxygens (including phenoxy) is 1. The van der Waals surface area contributed by atoms with Crippen LogP contribution in [0, 0.1) is 5.41 Å². The van der Waals surface area contributed by atoms with Gasteiger partial charge in [-0.05, 0) is 69.2 Å². The zero-order chi connectivity index (χ0) is 26.7. The van der Waals surface area contributed by atoms with E-state index in [2.05, 4.69) is 40.9 Å². The van der Waals surface area contributed by atoms with E-state index < -0.39 is 15.9 Å². The molecule has 3 aromatic heterocycles. The van der Waals surface area contributed by atoms with Gasteiger partial charge in [-0.3, -0.25) is 4.79 Å². The summed E-state index contributed by atoms with van der Waals surface area (Å²) in [5, 5.41) is 7.65. The minimum atomic E-state index is -4.19. The lowest BCUT2D eigenvalue weighted by Gasteiger charge is -2.33. The first-order chi connectivity index (χ1) is 18.0. The van der Waals surface area contributed by atoms with Gasteiger partial charge in [-0.15, -0.1) is 5.10 Å². The molecule has 0 aromatic carbocycles. The lowest BCUT2D eigenvalue weighted by Crippen LogP contribution is -2.41. The smallest absolute Gasteiger partial charge is 0.281 e. The van der Waals surface area contributed by atoms with Crippen molar-refractivity contribution < 1.29 is 17.9 Å². The van der Waals surface area contributed by atoms with Crippen LogP contribution in [0.5, 0.6) is 5.88 Å². The first kappa shape index (κ1) is 24.7. The first-order valence-electron chi connectivity index (χ1n) is 12.8. The molecule has 6 rings (SSSR count). The van der Waals surface area contributed by atoms with Crippen LogP contribution in [0.2, 0.25) is 0 Å². The van der Waals surface area contributed by atoms with Crippen LogP contribution in [0.4, 0.5) is 11.6 Å². The third-order valence-corrected chi connectivity index (χ3v) is 8.91. The van der Waals surface area contributed by atoms with Gasteiger partial charge in [0.25, 0.3) is 15.9 Å². The van der Waals surface area contributed by atoms with Gasteiger partial charge in [0, 0.05) is 30.4 Å². The van der Waals surface area contributed by atoms with Crippen LogP contribution >= 0.6 is 0 Å². The van der Waals surface area contributed by atoms with Gasteiger partial charge >= 0.3 is 0 Å². The lowest BCUT2D eigenvalue weighted by molar-refractivity contribution is 0.0981. The Balaban J connectivity index is 1.36. The van der Waals surface area contributed by atoms with Gasteiger partial charge in [0.1, 0.15) is 11.6 Å². The summed E-state index contributed by atoms with van der Waals surface area (Å²) in [5.74, 6) is 1.06. The van der Waals surface area contributed by atoms with E-state index in [9.17, 15) is 13.2 Å². The molecule has 1 atom stereocenters. The number of nitrogens with one attached hydrogen (secondary N) is 2. The van der Waals surface area contributed by atoms with Crippen LogP contribution in [-0.4, -0.2) is 58.8 Å². The molecule has 11 nitrogen and oxygen atoms in total. The van der Waals surface area contributed by atoms with Crippen molar-refractivity contribution in [1.29, 1.82) is 0 Å². The number of amides is 1. The number of sulfonamides is 1. The summed E-state index contributed by atoms with van der Waals surface area (Å²) in [7, 11) is -4.19. The summed E-state index contributed by atoms with van der Waals surface area (Å²) >= 11 is 0. The Kier molecular flexibility index (Phi) is 5.64. The Bertz CT molecular complexity index is 1510. The summed E-state index contributed by atoms with van der Waals surface area (Å²) in [5.41, 5.74) is 0.181. The fourth-order valence-electron chi connectivity index (χ4n) is 5.12. The zero-order valence-electron chi connectivity index (χ0n) is 21.6. The molecule has 1 aliphatic carbocycles. The molecule has 5 heterocycles. The number of anilines is 2. The van der Waals surface area contributed by atoms with Gasteiger partial charge in [0.15, 0.2) is 10.8 Å². The quantitative estimate of drug-likeness (QED) is 0.504. The molecule has 1 saturated carbocycles. The van der Waals surface area contributed by atoms with Crippen LogP contribution in [0.15, 0.2) is 47.6 Å². The highest BCUT2D eigenvalue weighted by Crippen LogP contribution is 2.48. The summed E-state index contributed by atoms with van der Waals surface area (Å²) < 4.78 is 35.6. The van der Waals surface area contributed by atoms with Crippen LogP contribution in [-0.2, 0) is 10.0 Å². The molecule has 200 valence electrons. The minimum Gasteiger partial charge on any atom is -0.477 e. The summed E-state index contributed by atoms with van der Waals surface area (Å²) in [6, 6.07) is 9.68. The van der Waals surface area contributed by atoms with Gasteiger partial charge < -0.3 is 15.0 Å². The number of carbonyl (C=O) groups is 1. The molecule has 2 aliphatic heterocycles. The molecule has 0 radical (unpaired) electrons. The molecule has 1 saturated heterocycles. The molecule has 1 amide bonds. The van der Waals surface area contributed by atoms with Crippen molar-refractivity contribution in [2.24, 2.45) is 5.41 Å². The van der Waals surface area contributed by atoms with Crippen LogP contribution < -0.4 is 19.7 Å². The number of rotatable bonds is 5. The zero-order valence-corrected chi connectivity index (χ0v) is 22.5. The van der Waals surface area contributed by atoms with E-state index in [0.29, 0.717) is 41.9 Å². The summed E-state index contributed by atoms with van der Waals surface area (Å²) in [6.07, 6.45) is 5.97. The number of hydrogen-bond acceptors (Lipinski definition) is 9. The normalized spacial score (nSPS) is 22.3.